The fourth-order valence-electron chi connectivity index (χ4n) is 3.14. The third-order valence-electron chi connectivity index (χ3n) is 4.67. The van der Waals surface area contributed by atoms with Gasteiger partial charge in [-0.2, -0.15) is 17.5 Å². The van der Waals surface area contributed by atoms with Gasteiger partial charge < -0.3 is 0 Å². The summed E-state index contributed by atoms with van der Waals surface area (Å²) < 4.78 is 66.2. The van der Waals surface area contributed by atoms with Gasteiger partial charge in [0.25, 0.3) is 0 Å². The lowest BCUT2D eigenvalue weighted by molar-refractivity contribution is -0.139. The van der Waals surface area contributed by atoms with Gasteiger partial charge in [0.15, 0.2) is 0 Å². The van der Waals surface area contributed by atoms with Crippen molar-refractivity contribution in [1.82, 2.24) is 9.21 Å². The summed E-state index contributed by atoms with van der Waals surface area (Å²) >= 11 is 0. The summed E-state index contributed by atoms with van der Waals surface area (Å²) in [4.78, 5) is 1.43. The zero-order valence-electron chi connectivity index (χ0n) is 14.9. The van der Waals surface area contributed by atoms with Gasteiger partial charge in [-0.1, -0.05) is 42.0 Å². The molecule has 0 amide bonds. The number of nitrogens with zero attached hydrogens (tertiary/aromatic N) is 2. The second kappa shape index (κ2) is 7.61. The SMILES string of the molecule is Cc1ccc(CN2CCN(S(=O)(=O)c3ccccc3C(F)(F)F)CC2)cc1. The Morgan fingerprint density at radius 2 is 1.52 bits per heavy atom. The van der Waals surface area contributed by atoms with Crippen molar-refractivity contribution >= 4 is 10.0 Å². The van der Waals surface area contributed by atoms with Crippen molar-refractivity contribution in [2.45, 2.75) is 24.5 Å². The van der Waals surface area contributed by atoms with Crippen LogP contribution in [0.5, 0.6) is 0 Å². The molecule has 146 valence electrons. The van der Waals surface area contributed by atoms with Gasteiger partial charge in [0.2, 0.25) is 10.0 Å². The Balaban J connectivity index is 1.71. The lowest BCUT2D eigenvalue weighted by atomic mass is 10.1. The molecule has 0 aromatic heterocycles. The van der Waals surface area contributed by atoms with Gasteiger partial charge in [-0.25, -0.2) is 8.42 Å². The van der Waals surface area contributed by atoms with Crippen molar-refractivity contribution in [3.05, 3.63) is 65.2 Å². The van der Waals surface area contributed by atoms with Gasteiger partial charge in [0.05, 0.1) is 10.5 Å². The van der Waals surface area contributed by atoms with Gasteiger partial charge in [0.1, 0.15) is 0 Å². The minimum atomic E-state index is -4.71. The van der Waals surface area contributed by atoms with Crippen LogP contribution in [0.25, 0.3) is 0 Å². The largest absolute Gasteiger partial charge is 0.417 e. The molecule has 0 aliphatic carbocycles. The van der Waals surface area contributed by atoms with E-state index in [0.717, 1.165) is 27.6 Å². The smallest absolute Gasteiger partial charge is 0.296 e. The summed E-state index contributed by atoms with van der Waals surface area (Å²) in [7, 11) is -4.19. The van der Waals surface area contributed by atoms with Gasteiger partial charge in [0, 0.05) is 32.7 Å². The van der Waals surface area contributed by atoms with Gasteiger partial charge in [-0.3, -0.25) is 4.90 Å². The summed E-state index contributed by atoms with van der Waals surface area (Å²) in [5, 5.41) is 0. The first-order chi connectivity index (χ1) is 12.7. The zero-order chi connectivity index (χ0) is 19.7. The molecule has 0 unspecified atom stereocenters. The first-order valence-corrected chi connectivity index (χ1v) is 10.1. The summed E-state index contributed by atoms with van der Waals surface area (Å²) in [5.74, 6) is 0. The van der Waals surface area contributed by atoms with Crippen molar-refractivity contribution in [3.63, 3.8) is 0 Å². The Kier molecular flexibility index (Phi) is 5.60. The standard InChI is InChI=1S/C19H21F3N2O2S/c1-15-6-8-16(9-7-15)14-23-10-12-24(13-11-23)27(25,26)18-5-3-2-4-17(18)19(20,21)22/h2-9H,10-14H2,1H3. The Morgan fingerprint density at radius 3 is 2.11 bits per heavy atom. The van der Waals surface area contributed by atoms with E-state index in [0.29, 0.717) is 19.6 Å². The van der Waals surface area contributed by atoms with Crippen LogP contribution in [0, 0.1) is 6.92 Å². The minimum absolute atomic E-state index is 0.167. The summed E-state index contributed by atoms with van der Waals surface area (Å²) in [5.41, 5.74) is 1.17. The van der Waals surface area contributed by atoms with Crippen LogP contribution in [-0.2, 0) is 22.7 Å². The number of hydrogen-bond acceptors (Lipinski definition) is 3. The van der Waals surface area contributed by atoms with Crippen LogP contribution in [-0.4, -0.2) is 43.8 Å². The molecular weight excluding hydrogens is 377 g/mol. The molecule has 2 aromatic carbocycles. The Bertz CT molecular complexity index is 888. The van der Waals surface area contributed by atoms with E-state index in [1.54, 1.807) is 0 Å². The average Bonchev–Trinajstić information content (AvgIpc) is 2.63. The van der Waals surface area contributed by atoms with Crippen LogP contribution in [0.2, 0.25) is 0 Å². The van der Waals surface area contributed by atoms with E-state index in [1.165, 1.54) is 12.1 Å². The number of hydrogen-bond donors (Lipinski definition) is 0. The van der Waals surface area contributed by atoms with Crippen LogP contribution >= 0.6 is 0 Å². The van der Waals surface area contributed by atoms with E-state index in [4.69, 9.17) is 0 Å². The number of rotatable bonds is 4. The molecule has 0 bridgehead atoms. The monoisotopic (exact) mass is 398 g/mol. The van der Waals surface area contributed by atoms with Gasteiger partial charge >= 0.3 is 6.18 Å². The third kappa shape index (κ3) is 4.51. The normalized spacial score (nSPS) is 17.2. The quantitative estimate of drug-likeness (QED) is 0.791. The molecule has 1 aliphatic heterocycles. The van der Waals surface area contributed by atoms with E-state index in [-0.39, 0.29) is 13.1 Å². The Labute approximate surface area is 157 Å². The fraction of sp³-hybridized carbons (Fsp3) is 0.368. The molecule has 0 atom stereocenters. The molecule has 0 radical (unpaired) electrons. The van der Waals surface area contributed by atoms with Crippen molar-refractivity contribution in [2.75, 3.05) is 26.2 Å². The van der Waals surface area contributed by atoms with Gasteiger partial charge in [-0.15, -0.1) is 0 Å². The van der Waals surface area contributed by atoms with E-state index >= 15 is 0 Å². The summed E-state index contributed by atoms with van der Waals surface area (Å²) in [6.45, 7) is 3.98. The van der Waals surface area contributed by atoms with Gasteiger partial charge in [-0.05, 0) is 24.6 Å². The van der Waals surface area contributed by atoms with Crippen LogP contribution < -0.4 is 0 Å². The second-order valence-corrected chi connectivity index (χ2v) is 8.57. The lowest BCUT2D eigenvalue weighted by Crippen LogP contribution is -2.48. The number of sulfonamides is 1. The van der Waals surface area contributed by atoms with Crippen LogP contribution in [0.15, 0.2) is 53.4 Å². The number of alkyl halides is 3. The average molecular weight is 398 g/mol. The Hall–Kier alpha value is -1.90. The maximum Gasteiger partial charge on any atom is 0.417 e. The second-order valence-electron chi connectivity index (χ2n) is 6.66. The maximum absolute atomic E-state index is 13.2. The highest BCUT2D eigenvalue weighted by molar-refractivity contribution is 7.89. The van der Waals surface area contributed by atoms with E-state index < -0.39 is 26.7 Å². The van der Waals surface area contributed by atoms with Crippen LogP contribution in [0.1, 0.15) is 16.7 Å². The minimum Gasteiger partial charge on any atom is -0.296 e. The molecule has 1 saturated heterocycles. The predicted octanol–water partition coefficient (Wildman–Crippen LogP) is 3.52. The molecule has 1 fully saturated rings. The fourth-order valence-corrected chi connectivity index (χ4v) is 4.78. The number of halogens is 3. The van der Waals surface area contributed by atoms with E-state index in [1.807, 2.05) is 31.2 Å². The first kappa shape index (κ1) is 19.9. The summed E-state index contributed by atoms with van der Waals surface area (Å²) in [6.07, 6.45) is -4.71. The zero-order valence-corrected chi connectivity index (χ0v) is 15.7. The van der Waals surface area contributed by atoms with Crippen molar-refractivity contribution < 1.29 is 21.6 Å². The molecule has 8 heteroatoms. The highest BCUT2D eigenvalue weighted by Crippen LogP contribution is 2.35. The van der Waals surface area contributed by atoms with E-state index in [2.05, 4.69) is 4.90 Å². The Morgan fingerprint density at radius 1 is 0.926 bits per heavy atom. The summed E-state index contributed by atoms with van der Waals surface area (Å²) in [6, 6.07) is 12.4. The van der Waals surface area contributed by atoms with Crippen molar-refractivity contribution in [3.8, 4) is 0 Å². The van der Waals surface area contributed by atoms with Crippen molar-refractivity contribution in [2.24, 2.45) is 0 Å². The molecule has 1 aliphatic rings. The van der Waals surface area contributed by atoms with E-state index in [9.17, 15) is 21.6 Å². The third-order valence-corrected chi connectivity index (χ3v) is 6.63. The van der Waals surface area contributed by atoms with Crippen LogP contribution in [0.4, 0.5) is 13.2 Å². The highest BCUT2D eigenvalue weighted by atomic mass is 32.2. The predicted molar refractivity (Wildman–Crippen MR) is 96.7 cm³/mol. The molecule has 2 aromatic rings. The molecule has 0 N–H and O–H groups in total. The molecule has 27 heavy (non-hydrogen) atoms. The molecular formula is C19H21F3N2O2S. The molecule has 0 saturated carbocycles. The molecule has 4 nitrogen and oxygen atoms in total. The maximum atomic E-state index is 13.2. The number of aryl methyl sites for hydroxylation is 1. The molecule has 0 spiro atoms. The highest BCUT2D eigenvalue weighted by Gasteiger charge is 2.39. The van der Waals surface area contributed by atoms with Crippen LogP contribution in [0.3, 0.4) is 0 Å². The first-order valence-electron chi connectivity index (χ1n) is 8.62. The number of piperazine rings is 1. The number of benzene rings is 2. The molecule has 1 heterocycles. The lowest BCUT2D eigenvalue weighted by Gasteiger charge is -2.34. The van der Waals surface area contributed by atoms with Crippen molar-refractivity contribution in [1.29, 1.82) is 0 Å². The topological polar surface area (TPSA) is 40.6 Å². The molecule has 3 rings (SSSR count).